The number of carbonyl (C=O) groups excluding carboxylic acids is 1. The summed E-state index contributed by atoms with van der Waals surface area (Å²) in [5, 5.41) is 3.55. The van der Waals surface area contributed by atoms with Crippen LogP contribution in [0.1, 0.15) is 11.1 Å². The Bertz CT molecular complexity index is 659. The quantitative estimate of drug-likeness (QED) is 0.600. The molecule has 1 amide bonds. The molecule has 0 aliphatic heterocycles. The second-order valence-electron chi connectivity index (χ2n) is 5.14. The van der Waals surface area contributed by atoms with Gasteiger partial charge in [0.15, 0.2) is 0 Å². The molecular weight excluding hydrogens is 330 g/mol. The molecule has 0 saturated heterocycles. The normalized spacial score (nSPS) is 10.4. The van der Waals surface area contributed by atoms with E-state index in [0.717, 1.165) is 16.2 Å². The Hall–Kier alpha value is -1.65. The maximum absolute atomic E-state index is 11.8. The third-order valence-corrected chi connectivity index (χ3v) is 4.68. The lowest BCUT2D eigenvalue weighted by molar-refractivity contribution is -0.118. The van der Waals surface area contributed by atoms with Crippen molar-refractivity contribution in [3.8, 4) is 5.75 Å². The number of halogens is 1. The van der Waals surface area contributed by atoms with Crippen molar-refractivity contribution in [3.05, 3.63) is 58.6 Å². The van der Waals surface area contributed by atoms with Crippen LogP contribution in [0.3, 0.4) is 0 Å². The number of nitrogens with one attached hydrogen (secondary N) is 1. The van der Waals surface area contributed by atoms with Gasteiger partial charge in [0, 0.05) is 9.92 Å². The fourth-order valence-electron chi connectivity index (χ4n) is 1.96. The summed E-state index contributed by atoms with van der Waals surface area (Å²) in [6, 6.07) is 13.4. The van der Waals surface area contributed by atoms with Gasteiger partial charge in [0.25, 0.3) is 0 Å². The van der Waals surface area contributed by atoms with E-state index in [4.69, 9.17) is 16.3 Å². The number of hydrogen-bond acceptors (Lipinski definition) is 3. The van der Waals surface area contributed by atoms with E-state index in [2.05, 4.69) is 18.3 Å². The topological polar surface area (TPSA) is 38.3 Å². The molecule has 2 aromatic carbocycles. The zero-order chi connectivity index (χ0) is 16.7. The first-order chi connectivity index (χ1) is 11.1. The zero-order valence-corrected chi connectivity index (χ0v) is 14.8. The Morgan fingerprint density at radius 1 is 1.17 bits per heavy atom. The van der Waals surface area contributed by atoms with Gasteiger partial charge in [-0.2, -0.15) is 0 Å². The molecule has 1 N–H and O–H groups in total. The number of hydrogen-bond donors (Lipinski definition) is 1. The minimum Gasteiger partial charge on any atom is -0.491 e. The summed E-state index contributed by atoms with van der Waals surface area (Å²) in [6.45, 7) is 5.04. The van der Waals surface area contributed by atoms with Crippen LogP contribution in [-0.4, -0.2) is 24.8 Å². The Balaban J connectivity index is 1.67. The molecule has 2 rings (SSSR count). The number of carbonyl (C=O) groups is 1. The van der Waals surface area contributed by atoms with Gasteiger partial charge in [0.05, 0.1) is 12.3 Å². The summed E-state index contributed by atoms with van der Waals surface area (Å²) < 4.78 is 5.71. The van der Waals surface area contributed by atoms with Crippen LogP contribution in [0, 0.1) is 13.8 Å². The number of benzene rings is 2. The Morgan fingerprint density at radius 2 is 1.91 bits per heavy atom. The fourth-order valence-corrected chi connectivity index (χ4v) is 2.82. The number of rotatable bonds is 7. The van der Waals surface area contributed by atoms with E-state index in [1.165, 1.54) is 17.3 Å². The largest absolute Gasteiger partial charge is 0.491 e. The molecule has 0 unspecified atom stereocenters. The maximum Gasteiger partial charge on any atom is 0.230 e. The average molecular weight is 350 g/mol. The molecule has 0 fully saturated rings. The van der Waals surface area contributed by atoms with Crippen LogP contribution >= 0.6 is 23.4 Å². The molecule has 0 aliphatic carbocycles. The third-order valence-electron chi connectivity index (χ3n) is 3.42. The van der Waals surface area contributed by atoms with Crippen molar-refractivity contribution in [2.75, 3.05) is 18.9 Å². The lowest BCUT2D eigenvalue weighted by Gasteiger charge is -2.11. The number of ether oxygens (including phenoxy) is 1. The van der Waals surface area contributed by atoms with Crippen molar-refractivity contribution in [1.82, 2.24) is 5.32 Å². The van der Waals surface area contributed by atoms with Crippen LogP contribution in [0.4, 0.5) is 0 Å². The van der Waals surface area contributed by atoms with Crippen molar-refractivity contribution in [2.24, 2.45) is 0 Å². The van der Waals surface area contributed by atoms with Crippen LogP contribution in [0.15, 0.2) is 47.4 Å². The van der Waals surface area contributed by atoms with Crippen LogP contribution in [0.5, 0.6) is 5.75 Å². The van der Waals surface area contributed by atoms with Crippen LogP contribution in [0.2, 0.25) is 5.02 Å². The van der Waals surface area contributed by atoms with E-state index < -0.39 is 0 Å². The first kappa shape index (κ1) is 17.7. The number of amides is 1. The highest BCUT2D eigenvalue weighted by molar-refractivity contribution is 8.00. The highest BCUT2D eigenvalue weighted by Crippen LogP contribution is 2.21. The summed E-state index contributed by atoms with van der Waals surface area (Å²) in [6.07, 6.45) is 0. The molecule has 0 bridgehead atoms. The van der Waals surface area contributed by atoms with Gasteiger partial charge < -0.3 is 10.1 Å². The van der Waals surface area contributed by atoms with Gasteiger partial charge in [-0.3, -0.25) is 4.79 Å². The molecule has 0 atom stereocenters. The van der Waals surface area contributed by atoms with E-state index in [9.17, 15) is 4.79 Å². The van der Waals surface area contributed by atoms with Crippen LogP contribution in [-0.2, 0) is 4.79 Å². The van der Waals surface area contributed by atoms with Gasteiger partial charge in [-0.25, -0.2) is 0 Å². The Morgan fingerprint density at radius 3 is 2.65 bits per heavy atom. The fraction of sp³-hybridized carbons (Fsp3) is 0.278. The first-order valence-corrected chi connectivity index (χ1v) is 8.76. The zero-order valence-electron chi connectivity index (χ0n) is 13.3. The summed E-state index contributed by atoms with van der Waals surface area (Å²) in [7, 11) is 0. The standard InChI is InChI=1S/C18H20ClNO2S/c1-13-4-3-5-17(14(13)2)22-11-10-20-18(21)12-23-16-8-6-15(19)7-9-16/h3-9H,10-12H2,1-2H3,(H,20,21). The van der Waals surface area contributed by atoms with Gasteiger partial charge >= 0.3 is 0 Å². The van der Waals surface area contributed by atoms with Gasteiger partial charge in [-0.1, -0.05) is 23.7 Å². The second-order valence-corrected chi connectivity index (χ2v) is 6.62. The highest BCUT2D eigenvalue weighted by Gasteiger charge is 2.04. The minimum atomic E-state index is -0.00508. The maximum atomic E-state index is 11.8. The monoisotopic (exact) mass is 349 g/mol. The van der Waals surface area contributed by atoms with Crippen molar-refractivity contribution < 1.29 is 9.53 Å². The lowest BCUT2D eigenvalue weighted by Crippen LogP contribution is -2.29. The van der Waals surface area contributed by atoms with Crippen molar-refractivity contribution in [2.45, 2.75) is 18.7 Å². The lowest BCUT2D eigenvalue weighted by atomic mass is 10.1. The van der Waals surface area contributed by atoms with E-state index in [0.29, 0.717) is 23.9 Å². The van der Waals surface area contributed by atoms with E-state index in [1.807, 2.05) is 43.3 Å². The minimum absolute atomic E-state index is 0.00508. The Labute approximate surface area is 146 Å². The van der Waals surface area contributed by atoms with Gasteiger partial charge in [0.2, 0.25) is 5.91 Å². The molecule has 0 spiro atoms. The molecule has 0 saturated carbocycles. The van der Waals surface area contributed by atoms with Crippen LogP contribution < -0.4 is 10.1 Å². The third kappa shape index (κ3) is 5.81. The molecule has 5 heteroatoms. The van der Waals surface area contributed by atoms with E-state index >= 15 is 0 Å². The highest BCUT2D eigenvalue weighted by atomic mass is 35.5. The van der Waals surface area contributed by atoms with E-state index in [1.54, 1.807) is 0 Å². The Kier molecular flexibility index (Phi) is 6.81. The molecule has 0 aromatic heterocycles. The molecule has 3 nitrogen and oxygen atoms in total. The smallest absolute Gasteiger partial charge is 0.230 e. The molecule has 122 valence electrons. The molecule has 0 aliphatic rings. The second kappa shape index (κ2) is 8.85. The van der Waals surface area contributed by atoms with Crippen LogP contribution in [0.25, 0.3) is 0 Å². The molecule has 2 aromatic rings. The average Bonchev–Trinajstić information content (AvgIpc) is 2.55. The predicted molar refractivity (Wildman–Crippen MR) is 96.6 cm³/mol. The number of thioether (sulfide) groups is 1. The van der Waals surface area contributed by atoms with Gasteiger partial charge in [-0.05, 0) is 55.3 Å². The first-order valence-electron chi connectivity index (χ1n) is 7.40. The summed E-state index contributed by atoms with van der Waals surface area (Å²) in [5.74, 6) is 1.25. The molecule has 0 radical (unpaired) electrons. The molecule has 23 heavy (non-hydrogen) atoms. The van der Waals surface area contributed by atoms with E-state index in [-0.39, 0.29) is 5.91 Å². The molecular formula is C18H20ClNO2S. The summed E-state index contributed by atoms with van der Waals surface area (Å²) >= 11 is 7.31. The predicted octanol–water partition coefficient (Wildman–Crippen LogP) is 4.24. The van der Waals surface area contributed by atoms with Crippen molar-refractivity contribution in [1.29, 1.82) is 0 Å². The van der Waals surface area contributed by atoms with Gasteiger partial charge in [0.1, 0.15) is 12.4 Å². The summed E-state index contributed by atoms with van der Waals surface area (Å²) in [4.78, 5) is 12.8. The number of aryl methyl sites for hydroxylation is 1. The van der Waals surface area contributed by atoms with Crippen molar-refractivity contribution in [3.63, 3.8) is 0 Å². The SMILES string of the molecule is Cc1cccc(OCCNC(=O)CSc2ccc(Cl)cc2)c1C. The van der Waals surface area contributed by atoms with Crippen molar-refractivity contribution >= 4 is 29.3 Å². The summed E-state index contributed by atoms with van der Waals surface area (Å²) in [5.41, 5.74) is 2.34. The molecule has 0 heterocycles. The van der Waals surface area contributed by atoms with Gasteiger partial charge in [-0.15, -0.1) is 11.8 Å².